The Morgan fingerprint density at radius 1 is 1.19 bits per heavy atom. The summed E-state index contributed by atoms with van der Waals surface area (Å²) in [5.41, 5.74) is 0.191. The van der Waals surface area contributed by atoms with Crippen LogP contribution >= 0.6 is 11.6 Å². The lowest BCUT2D eigenvalue weighted by Crippen LogP contribution is -2.56. The third-order valence-electron chi connectivity index (χ3n) is 4.91. The first-order valence-electron chi connectivity index (χ1n) is 10.4. The molecule has 0 saturated carbocycles. The zero-order valence-corrected chi connectivity index (χ0v) is 19.2. The maximum atomic E-state index is 13.3. The van der Waals surface area contributed by atoms with E-state index >= 15 is 0 Å². The van der Waals surface area contributed by atoms with Crippen molar-refractivity contribution in [1.82, 2.24) is 20.2 Å². The third kappa shape index (κ3) is 6.46. The second-order valence-electron chi connectivity index (χ2n) is 8.57. The molecule has 1 aromatic heterocycles. The summed E-state index contributed by atoms with van der Waals surface area (Å²) in [7, 11) is 0. The van der Waals surface area contributed by atoms with Gasteiger partial charge < -0.3 is 25.0 Å². The third-order valence-corrected chi connectivity index (χ3v) is 5.16. The topological polar surface area (TPSA) is 108 Å². The Morgan fingerprint density at radius 3 is 2.44 bits per heavy atom. The van der Waals surface area contributed by atoms with Gasteiger partial charge in [-0.3, -0.25) is 4.79 Å². The van der Waals surface area contributed by atoms with Crippen molar-refractivity contribution in [2.75, 3.05) is 31.1 Å². The summed E-state index contributed by atoms with van der Waals surface area (Å²) in [6.45, 7) is 7.15. The Hall–Kier alpha value is -3.07. The number of carbonyl (C=O) groups is 2. The van der Waals surface area contributed by atoms with E-state index in [0.717, 1.165) is 5.56 Å². The van der Waals surface area contributed by atoms with Gasteiger partial charge in [0.15, 0.2) is 11.6 Å². The fraction of sp³-hybridized carbons (Fsp3) is 0.455. The second kappa shape index (κ2) is 10.0. The molecule has 10 heteroatoms. The first-order valence-corrected chi connectivity index (χ1v) is 10.8. The van der Waals surface area contributed by atoms with Crippen molar-refractivity contribution < 1.29 is 19.4 Å². The van der Waals surface area contributed by atoms with Crippen LogP contribution in [0.5, 0.6) is 5.75 Å². The highest BCUT2D eigenvalue weighted by Gasteiger charge is 2.31. The molecular formula is C22H28ClN5O4. The first kappa shape index (κ1) is 23.6. The first-order chi connectivity index (χ1) is 15.1. The van der Waals surface area contributed by atoms with E-state index in [9.17, 15) is 14.7 Å². The van der Waals surface area contributed by atoms with E-state index in [4.69, 9.17) is 16.3 Å². The number of anilines is 1. The number of hydrogen-bond acceptors (Lipinski definition) is 7. The SMILES string of the molecule is CC(C)(C)OC(=O)N[C@H](Cc1ccc(Cl)cc1)C(=O)N1CCN(c2ncncc2O)CC1. The van der Waals surface area contributed by atoms with Gasteiger partial charge in [0.2, 0.25) is 5.91 Å². The molecule has 1 atom stereocenters. The summed E-state index contributed by atoms with van der Waals surface area (Å²) in [5, 5.41) is 13.3. The van der Waals surface area contributed by atoms with Crippen LogP contribution in [0.1, 0.15) is 26.3 Å². The van der Waals surface area contributed by atoms with E-state index < -0.39 is 17.7 Å². The molecule has 1 saturated heterocycles. The lowest BCUT2D eigenvalue weighted by molar-refractivity contribution is -0.133. The van der Waals surface area contributed by atoms with Crippen molar-refractivity contribution in [3.8, 4) is 5.75 Å². The van der Waals surface area contributed by atoms with Gasteiger partial charge in [0.05, 0.1) is 6.20 Å². The van der Waals surface area contributed by atoms with Gasteiger partial charge in [-0.2, -0.15) is 0 Å². The molecule has 0 radical (unpaired) electrons. The van der Waals surface area contributed by atoms with Crippen LogP contribution < -0.4 is 10.2 Å². The highest BCUT2D eigenvalue weighted by Crippen LogP contribution is 2.23. The molecule has 1 aromatic carbocycles. The van der Waals surface area contributed by atoms with Crippen LogP contribution in [0.15, 0.2) is 36.8 Å². The molecule has 2 amide bonds. The minimum Gasteiger partial charge on any atom is -0.503 e. The van der Waals surface area contributed by atoms with Crippen LogP contribution in [0, 0.1) is 0 Å². The monoisotopic (exact) mass is 461 g/mol. The van der Waals surface area contributed by atoms with Crippen molar-refractivity contribution in [1.29, 1.82) is 0 Å². The number of nitrogens with zero attached hydrogens (tertiary/aromatic N) is 4. The zero-order valence-electron chi connectivity index (χ0n) is 18.4. The van der Waals surface area contributed by atoms with E-state index in [1.54, 1.807) is 37.8 Å². The van der Waals surface area contributed by atoms with Gasteiger partial charge in [-0.15, -0.1) is 0 Å². The van der Waals surface area contributed by atoms with Gasteiger partial charge >= 0.3 is 6.09 Å². The number of aromatic hydroxyl groups is 1. The second-order valence-corrected chi connectivity index (χ2v) is 9.01. The quantitative estimate of drug-likeness (QED) is 0.704. The van der Waals surface area contributed by atoms with Crippen molar-refractivity contribution in [3.05, 3.63) is 47.4 Å². The maximum absolute atomic E-state index is 13.3. The van der Waals surface area contributed by atoms with Gasteiger partial charge in [0, 0.05) is 37.6 Å². The van der Waals surface area contributed by atoms with Crippen molar-refractivity contribution in [2.45, 2.75) is 38.8 Å². The van der Waals surface area contributed by atoms with Gasteiger partial charge in [-0.1, -0.05) is 23.7 Å². The van der Waals surface area contributed by atoms with E-state index in [0.29, 0.717) is 43.4 Å². The highest BCUT2D eigenvalue weighted by atomic mass is 35.5. The lowest BCUT2D eigenvalue weighted by atomic mass is 10.0. The van der Waals surface area contributed by atoms with Crippen molar-refractivity contribution >= 4 is 29.4 Å². The minimum absolute atomic E-state index is 0.000478. The predicted octanol–water partition coefficient (Wildman–Crippen LogP) is 2.62. The van der Waals surface area contributed by atoms with Gasteiger partial charge in [-0.05, 0) is 38.5 Å². The van der Waals surface area contributed by atoms with Crippen LogP contribution in [0.3, 0.4) is 0 Å². The van der Waals surface area contributed by atoms with Crippen LogP contribution in [0.2, 0.25) is 5.02 Å². The summed E-state index contributed by atoms with van der Waals surface area (Å²) in [6, 6.07) is 6.37. The number of hydrogen-bond donors (Lipinski definition) is 2. The number of carbonyl (C=O) groups excluding carboxylic acids is 2. The van der Waals surface area contributed by atoms with Gasteiger partial charge in [-0.25, -0.2) is 14.8 Å². The lowest BCUT2D eigenvalue weighted by Gasteiger charge is -2.37. The summed E-state index contributed by atoms with van der Waals surface area (Å²) in [5.74, 6) is 0.244. The molecular weight excluding hydrogens is 434 g/mol. The molecule has 1 fully saturated rings. The summed E-state index contributed by atoms with van der Waals surface area (Å²) in [4.78, 5) is 37.2. The highest BCUT2D eigenvalue weighted by molar-refractivity contribution is 6.30. The Labute approximate surface area is 192 Å². The molecule has 172 valence electrons. The fourth-order valence-electron chi connectivity index (χ4n) is 3.42. The Balaban J connectivity index is 1.69. The number of benzene rings is 1. The molecule has 2 N–H and O–H groups in total. The summed E-state index contributed by atoms with van der Waals surface area (Å²) in [6.07, 6.45) is 2.38. The molecule has 0 bridgehead atoms. The predicted molar refractivity (Wildman–Crippen MR) is 121 cm³/mol. The van der Waals surface area contributed by atoms with Crippen LogP contribution in [0.25, 0.3) is 0 Å². The van der Waals surface area contributed by atoms with E-state index in [2.05, 4.69) is 15.3 Å². The normalized spacial score (nSPS) is 15.2. The Bertz CT molecular complexity index is 940. The molecule has 2 heterocycles. The fourth-order valence-corrected chi connectivity index (χ4v) is 3.55. The molecule has 9 nitrogen and oxygen atoms in total. The number of ether oxygens (including phenoxy) is 1. The summed E-state index contributed by atoms with van der Waals surface area (Å²) >= 11 is 5.97. The summed E-state index contributed by atoms with van der Waals surface area (Å²) < 4.78 is 5.36. The molecule has 1 aliphatic rings. The molecule has 2 aromatic rings. The van der Waals surface area contributed by atoms with Gasteiger partial charge in [0.25, 0.3) is 0 Å². The number of piperazine rings is 1. The van der Waals surface area contributed by atoms with E-state index in [-0.39, 0.29) is 11.7 Å². The molecule has 0 aliphatic carbocycles. The number of nitrogens with one attached hydrogen (secondary N) is 1. The number of alkyl carbamates (subject to hydrolysis) is 1. The largest absolute Gasteiger partial charge is 0.503 e. The van der Waals surface area contributed by atoms with Crippen LogP contribution in [0.4, 0.5) is 10.6 Å². The Kier molecular flexibility index (Phi) is 7.40. The average molecular weight is 462 g/mol. The smallest absolute Gasteiger partial charge is 0.408 e. The number of aromatic nitrogens is 2. The zero-order chi connectivity index (χ0) is 23.3. The van der Waals surface area contributed by atoms with Gasteiger partial charge in [0.1, 0.15) is 18.0 Å². The number of rotatable bonds is 5. The molecule has 32 heavy (non-hydrogen) atoms. The molecule has 0 spiro atoms. The minimum atomic E-state index is -0.787. The van der Waals surface area contributed by atoms with Crippen LogP contribution in [-0.4, -0.2) is 69.8 Å². The van der Waals surface area contributed by atoms with Crippen molar-refractivity contribution in [2.24, 2.45) is 0 Å². The van der Waals surface area contributed by atoms with E-state index in [1.807, 2.05) is 17.0 Å². The maximum Gasteiger partial charge on any atom is 0.408 e. The average Bonchev–Trinajstić information content (AvgIpc) is 2.73. The number of halogens is 1. The van der Waals surface area contributed by atoms with E-state index in [1.165, 1.54) is 12.5 Å². The molecule has 1 aliphatic heterocycles. The standard InChI is InChI=1S/C22H28ClN5O4/c1-22(2,3)32-21(31)26-17(12-15-4-6-16(23)7-5-15)20(30)28-10-8-27(9-11-28)19-18(29)13-24-14-25-19/h4-7,13-14,17,29H,8-12H2,1-3H3,(H,26,31)/t17-/m1/s1. The molecule has 0 unspecified atom stereocenters. The number of amides is 2. The van der Waals surface area contributed by atoms with Crippen molar-refractivity contribution in [3.63, 3.8) is 0 Å². The Morgan fingerprint density at radius 2 is 1.84 bits per heavy atom. The van der Waals surface area contributed by atoms with Crippen LogP contribution in [-0.2, 0) is 16.0 Å². The molecule has 3 rings (SSSR count).